The Balaban J connectivity index is 1.70. The van der Waals surface area contributed by atoms with Crippen LogP contribution in [0.5, 0.6) is 11.5 Å². The Morgan fingerprint density at radius 3 is 2.59 bits per heavy atom. The third-order valence-corrected chi connectivity index (χ3v) is 7.41. The van der Waals surface area contributed by atoms with E-state index in [1.54, 1.807) is 14.2 Å². The number of ether oxygens (including phenoxy) is 2. The molecule has 1 saturated heterocycles. The van der Waals surface area contributed by atoms with Crippen molar-refractivity contribution in [3.63, 3.8) is 0 Å². The lowest BCUT2D eigenvalue weighted by atomic mass is 9.65. The smallest absolute Gasteiger partial charge is 0.303 e. The molecule has 1 aliphatic carbocycles. The number of likely N-dealkylation sites (N-methyl/N-ethyl adjacent to an activating group) is 1. The minimum atomic E-state index is -0.868. The van der Waals surface area contributed by atoms with Crippen LogP contribution in [0, 0.1) is 11.8 Å². The van der Waals surface area contributed by atoms with Crippen molar-refractivity contribution >= 4 is 17.6 Å². The van der Waals surface area contributed by atoms with Crippen molar-refractivity contribution in [2.24, 2.45) is 16.9 Å². The van der Waals surface area contributed by atoms with E-state index < -0.39 is 5.97 Å². The number of aliphatic carboxylic acids is 1. The van der Waals surface area contributed by atoms with Gasteiger partial charge in [0.15, 0.2) is 11.5 Å². The molecule has 188 valence electrons. The summed E-state index contributed by atoms with van der Waals surface area (Å²) in [4.78, 5) is 26.1. The molecule has 0 spiro atoms. The number of nitrogens with one attached hydrogen (secondary N) is 1. The third-order valence-electron chi connectivity index (χ3n) is 7.41. The Kier molecular flexibility index (Phi) is 8.57. The van der Waals surface area contributed by atoms with Crippen LogP contribution in [0.15, 0.2) is 23.3 Å². The van der Waals surface area contributed by atoms with Gasteiger partial charge < -0.3 is 19.5 Å². The Morgan fingerprint density at radius 2 is 1.94 bits per heavy atom. The second-order valence-corrected chi connectivity index (χ2v) is 10.2. The van der Waals surface area contributed by atoms with E-state index in [-0.39, 0.29) is 36.1 Å². The molecule has 3 rings (SSSR count). The number of likely N-dealkylation sites (tertiary alicyclic amines) is 1. The van der Waals surface area contributed by atoms with E-state index in [1.165, 1.54) is 5.56 Å². The highest BCUT2D eigenvalue weighted by molar-refractivity contribution is 5.88. The van der Waals surface area contributed by atoms with E-state index in [9.17, 15) is 9.59 Å². The minimum absolute atomic E-state index is 0.00286. The average Bonchev–Trinajstić information content (AvgIpc) is 3.13. The molecule has 1 aromatic carbocycles. The predicted octanol–water partition coefficient (Wildman–Crippen LogP) is 3.83. The molecule has 1 unspecified atom stereocenters. The maximum Gasteiger partial charge on any atom is 0.303 e. The van der Waals surface area contributed by atoms with Crippen molar-refractivity contribution in [1.29, 1.82) is 0 Å². The maximum atomic E-state index is 12.5. The molecule has 2 fully saturated rings. The number of hydrogen-bond donors (Lipinski definition) is 2. The number of carboxylic acid groups (broad SMARTS) is 1. The maximum absolute atomic E-state index is 12.5. The number of amides is 1. The molecule has 0 radical (unpaired) electrons. The Bertz CT molecular complexity index is 916. The highest BCUT2D eigenvalue weighted by Crippen LogP contribution is 2.49. The van der Waals surface area contributed by atoms with Gasteiger partial charge in [0.1, 0.15) is 0 Å². The van der Waals surface area contributed by atoms with E-state index in [0.717, 1.165) is 49.4 Å². The van der Waals surface area contributed by atoms with Gasteiger partial charge in [-0.1, -0.05) is 19.9 Å². The molecule has 34 heavy (non-hydrogen) atoms. The van der Waals surface area contributed by atoms with Gasteiger partial charge in [-0.15, -0.1) is 0 Å². The number of fused-ring (bicyclic) bond motifs is 1. The zero-order valence-electron chi connectivity index (χ0n) is 21.1. The zero-order valence-corrected chi connectivity index (χ0v) is 21.1. The van der Waals surface area contributed by atoms with Crippen molar-refractivity contribution in [2.75, 3.05) is 27.8 Å². The number of carbonyl (C=O) groups excluding carboxylic acids is 1. The van der Waals surface area contributed by atoms with Crippen molar-refractivity contribution in [1.82, 2.24) is 10.3 Å². The fraction of sp³-hybridized carbons (Fsp3) is 0.654. The summed E-state index contributed by atoms with van der Waals surface area (Å²) < 4.78 is 11.0. The van der Waals surface area contributed by atoms with Crippen molar-refractivity contribution < 1.29 is 24.2 Å². The molecule has 8 nitrogen and oxygen atoms in total. The predicted molar refractivity (Wildman–Crippen MR) is 132 cm³/mol. The quantitative estimate of drug-likeness (QED) is 0.501. The van der Waals surface area contributed by atoms with Crippen molar-refractivity contribution in [2.45, 2.75) is 70.3 Å². The van der Waals surface area contributed by atoms with Crippen LogP contribution < -0.4 is 14.9 Å². The molecule has 8 heteroatoms. The lowest BCUT2D eigenvalue weighted by molar-refractivity contribution is -0.138. The minimum Gasteiger partial charge on any atom is -0.493 e. The van der Waals surface area contributed by atoms with E-state index in [4.69, 9.17) is 14.6 Å². The van der Waals surface area contributed by atoms with Crippen LogP contribution in [-0.4, -0.2) is 61.4 Å². The summed E-state index contributed by atoms with van der Waals surface area (Å²) in [5, 5.41) is 13.6. The number of carboxylic acids is 1. The molecular weight excluding hydrogens is 434 g/mol. The molecule has 1 amide bonds. The second kappa shape index (κ2) is 11.2. The fourth-order valence-electron chi connectivity index (χ4n) is 5.79. The van der Waals surface area contributed by atoms with Crippen LogP contribution in [0.2, 0.25) is 0 Å². The van der Waals surface area contributed by atoms with Gasteiger partial charge in [-0.25, -0.2) is 5.43 Å². The summed E-state index contributed by atoms with van der Waals surface area (Å²) in [6.07, 6.45) is 4.50. The first kappa shape index (κ1) is 26.0. The van der Waals surface area contributed by atoms with Crippen LogP contribution in [0.25, 0.3) is 0 Å². The first-order chi connectivity index (χ1) is 16.2. The van der Waals surface area contributed by atoms with Gasteiger partial charge in [-0.3, -0.25) is 9.59 Å². The van der Waals surface area contributed by atoms with Crippen LogP contribution in [0.1, 0.15) is 64.4 Å². The van der Waals surface area contributed by atoms with E-state index in [0.29, 0.717) is 12.3 Å². The molecule has 0 bridgehead atoms. The monoisotopic (exact) mass is 473 g/mol. The number of rotatable bonds is 10. The van der Waals surface area contributed by atoms with Crippen LogP contribution in [-0.2, 0) is 15.0 Å². The summed E-state index contributed by atoms with van der Waals surface area (Å²) in [7, 11) is 5.46. The lowest BCUT2D eigenvalue weighted by Crippen LogP contribution is -2.46. The molecule has 2 aliphatic rings. The van der Waals surface area contributed by atoms with E-state index in [1.807, 2.05) is 19.9 Å². The SMILES string of the molecule is COc1ccc([C@@]23CCC(=NNC(=O)CC(CC(=O)O)CC(C)C)C[C@@H]2N(C)CC3)cc1OC. The standard InChI is InChI=1S/C26H39N3O5/c1-17(2)12-18(14-25(31)32)13-24(30)28-27-20-8-9-26(10-11-29(3)23(26)16-20)19-6-7-21(33-4)22(15-19)34-5/h6-7,15,17-18,23H,8-14,16H2,1-5H3,(H,28,30)(H,31,32)/t18?,23-,26-/m0/s1. The number of benzene rings is 1. The molecule has 0 aromatic heterocycles. The van der Waals surface area contributed by atoms with Gasteiger partial charge >= 0.3 is 5.97 Å². The largest absolute Gasteiger partial charge is 0.493 e. The Hall–Kier alpha value is -2.61. The summed E-state index contributed by atoms with van der Waals surface area (Å²) in [6.45, 7) is 5.08. The Labute approximate surface area is 202 Å². The second-order valence-electron chi connectivity index (χ2n) is 10.2. The number of hydrogen-bond acceptors (Lipinski definition) is 6. The van der Waals surface area contributed by atoms with Gasteiger partial charge in [0.05, 0.1) is 14.2 Å². The number of nitrogens with zero attached hydrogens (tertiary/aromatic N) is 2. The fourth-order valence-corrected chi connectivity index (χ4v) is 5.79. The molecule has 1 heterocycles. The number of methoxy groups -OCH3 is 2. The first-order valence-corrected chi connectivity index (χ1v) is 12.2. The average molecular weight is 474 g/mol. The molecule has 3 atom stereocenters. The van der Waals surface area contributed by atoms with Gasteiger partial charge in [-0.2, -0.15) is 5.10 Å². The van der Waals surface area contributed by atoms with Crippen LogP contribution >= 0.6 is 0 Å². The molecule has 1 aliphatic heterocycles. The zero-order chi connectivity index (χ0) is 24.9. The first-order valence-electron chi connectivity index (χ1n) is 12.2. The summed E-state index contributed by atoms with van der Waals surface area (Å²) in [5.41, 5.74) is 4.97. The molecular formula is C26H39N3O5. The van der Waals surface area contributed by atoms with E-state index in [2.05, 4.69) is 34.6 Å². The number of carbonyl (C=O) groups is 2. The van der Waals surface area contributed by atoms with E-state index >= 15 is 0 Å². The topological polar surface area (TPSA) is 100 Å². The molecule has 2 N–H and O–H groups in total. The Morgan fingerprint density at radius 1 is 1.21 bits per heavy atom. The van der Waals surface area contributed by atoms with Crippen LogP contribution in [0.4, 0.5) is 0 Å². The van der Waals surface area contributed by atoms with Crippen molar-refractivity contribution in [3.8, 4) is 11.5 Å². The summed E-state index contributed by atoms with van der Waals surface area (Å²) >= 11 is 0. The highest BCUT2D eigenvalue weighted by Gasteiger charge is 2.50. The third kappa shape index (κ3) is 5.90. The van der Waals surface area contributed by atoms with Gasteiger partial charge in [0.2, 0.25) is 5.91 Å². The van der Waals surface area contributed by atoms with Gasteiger partial charge in [0.25, 0.3) is 0 Å². The van der Waals surface area contributed by atoms with Crippen LogP contribution in [0.3, 0.4) is 0 Å². The summed E-state index contributed by atoms with van der Waals surface area (Å²) in [6, 6.07) is 6.52. The lowest BCUT2D eigenvalue weighted by Gasteiger charge is -2.42. The highest BCUT2D eigenvalue weighted by atomic mass is 16.5. The molecule has 1 saturated carbocycles. The molecule has 1 aromatic rings. The van der Waals surface area contributed by atoms with Gasteiger partial charge in [-0.05, 0) is 68.8 Å². The van der Waals surface area contributed by atoms with Crippen molar-refractivity contribution in [3.05, 3.63) is 23.8 Å². The summed E-state index contributed by atoms with van der Waals surface area (Å²) in [5.74, 6) is 0.549. The number of hydrazone groups is 1. The van der Waals surface area contributed by atoms with Gasteiger partial charge in [0, 0.05) is 36.4 Å². The normalized spacial score (nSPS) is 24.6.